The highest BCUT2D eigenvalue weighted by molar-refractivity contribution is 8.02. The van der Waals surface area contributed by atoms with Crippen LogP contribution in [0.4, 0.5) is 5.69 Å². The molecule has 0 aromatic heterocycles. The van der Waals surface area contributed by atoms with Crippen LogP contribution in [-0.2, 0) is 20.8 Å². The van der Waals surface area contributed by atoms with Crippen LogP contribution in [0, 0.1) is 11.8 Å². The summed E-state index contributed by atoms with van der Waals surface area (Å²) in [7, 11) is 0. The first kappa shape index (κ1) is 35.7. The SMILES string of the molecule is C=CCN(CCCCC)C(=O)C1N([C@@H](CO)Cc2ccccc2)C(=O)[C@@H]2[C@@H](C(=O)N(CC=C)c3ccc(OCC)cc3)[C@@]3(C)CCC12S3. The van der Waals surface area contributed by atoms with E-state index in [9.17, 15) is 14.7 Å². The van der Waals surface area contributed by atoms with Gasteiger partial charge in [-0.05, 0) is 69.4 Å². The second kappa shape index (κ2) is 15.3. The maximum absolute atomic E-state index is 15.0. The number of unbranched alkanes of at least 4 members (excludes halogenated alkanes) is 2. The van der Waals surface area contributed by atoms with Gasteiger partial charge in [-0.3, -0.25) is 14.4 Å². The first-order valence-corrected chi connectivity index (χ1v) is 18.2. The molecular formula is C39H51N3O5S. The van der Waals surface area contributed by atoms with Crippen molar-refractivity contribution in [1.82, 2.24) is 9.80 Å². The van der Waals surface area contributed by atoms with Gasteiger partial charge in [0.1, 0.15) is 11.8 Å². The minimum Gasteiger partial charge on any atom is -0.494 e. The minimum absolute atomic E-state index is 0.118. The molecule has 48 heavy (non-hydrogen) atoms. The highest BCUT2D eigenvalue weighted by Crippen LogP contribution is 2.72. The van der Waals surface area contributed by atoms with Gasteiger partial charge in [0.25, 0.3) is 0 Å². The maximum atomic E-state index is 15.0. The lowest BCUT2D eigenvalue weighted by Crippen LogP contribution is -2.58. The second-order valence-electron chi connectivity index (χ2n) is 13.4. The fourth-order valence-corrected chi connectivity index (χ4v) is 10.6. The summed E-state index contributed by atoms with van der Waals surface area (Å²) >= 11 is 1.66. The van der Waals surface area contributed by atoms with Gasteiger partial charge in [-0.25, -0.2) is 0 Å². The summed E-state index contributed by atoms with van der Waals surface area (Å²) in [5.74, 6) is -1.12. The number of aliphatic hydroxyl groups is 1. The summed E-state index contributed by atoms with van der Waals surface area (Å²) in [5, 5.41) is 10.9. The van der Waals surface area contributed by atoms with Gasteiger partial charge in [-0.15, -0.1) is 24.9 Å². The van der Waals surface area contributed by atoms with Gasteiger partial charge in [-0.2, -0.15) is 0 Å². The third kappa shape index (κ3) is 6.56. The molecule has 6 atom stereocenters. The lowest BCUT2D eigenvalue weighted by atomic mass is 9.66. The molecule has 3 aliphatic heterocycles. The Kier molecular flexibility index (Phi) is 11.4. The van der Waals surface area contributed by atoms with Crippen LogP contribution in [0.25, 0.3) is 0 Å². The van der Waals surface area contributed by atoms with Crippen LogP contribution in [0.5, 0.6) is 5.75 Å². The van der Waals surface area contributed by atoms with E-state index in [4.69, 9.17) is 4.74 Å². The molecule has 1 spiro atoms. The number of anilines is 1. The first-order valence-electron chi connectivity index (χ1n) is 17.4. The fourth-order valence-electron chi connectivity index (χ4n) is 8.23. The van der Waals surface area contributed by atoms with Crippen LogP contribution in [0.15, 0.2) is 79.9 Å². The van der Waals surface area contributed by atoms with E-state index < -0.39 is 33.4 Å². The number of thioether (sulfide) groups is 1. The van der Waals surface area contributed by atoms with Crippen molar-refractivity contribution in [2.45, 2.75) is 80.9 Å². The molecule has 3 amide bonds. The Labute approximate surface area is 290 Å². The number of likely N-dealkylation sites (tertiary alicyclic amines) is 1. The number of carbonyl (C=O) groups excluding carboxylic acids is 3. The largest absolute Gasteiger partial charge is 0.494 e. The van der Waals surface area contributed by atoms with Gasteiger partial charge >= 0.3 is 0 Å². The number of ether oxygens (including phenoxy) is 1. The summed E-state index contributed by atoms with van der Waals surface area (Å²) in [6.45, 7) is 15.5. The van der Waals surface area contributed by atoms with Crippen molar-refractivity contribution < 1.29 is 24.2 Å². The number of carbonyl (C=O) groups is 3. The Morgan fingerprint density at radius 2 is 1.75 bits per heavy atom. The molecule has 8 nitrogen and oxygen atoms in total. The highest BCUT2D eigenvalue weighted by atomic mass is 32.2. The summed E-state index contributed by atoms with van der Waals surface area (Å²) in [6.07, 6.45) is 8.06. The minimum atomic E-state index is -0.805. The Bertz CT molecular complexity index is 1470. The quantitative estimate of drug-likeness (QED) is 0.166. The third-order valence-corrected chi connectivity index (χ3v) is 12.3. The van der Waals surface area contributed by atoms with Gasteiger partial charge in [0.15, 0.2) is 0 Å². The average molecular weight is 674 g/mol. The lowest BCUT2D eigenvalue weighted by Gasteiger charge is -2.39. The van der Waals surface area contributed by atoms with Gasteiger partial charge < -0.3 is 24.5 Å². The van der Waals surface area contributed by atoms with E-state index >= 15 is 4.79 Å². The Hall–Kier alpha value is -3.56. The molecule has 1 N–H and O–H groups in total. The van der Waals surface area contributed by atoms with Crippen LogP contribution in [0.1, 0.15) is 58.4 Å². The number of benzene rings is 2. The van der Waals surface area contributed by atoms with Gasteiger partial charge in [0.05, 0.1) is 35.8 Å². The number of hydrogen-bond donors (Lipinski definition) is 1. The molecule has 0 radical (unpaired) electrons. The standard InChI is InChI=1S/C39H51N3O5S/c1-6-10-14-25-40(23-7-2)37(46)34-39-22-21-38(5,48-39)32(35(44)41(24-8-3)29-17-19-31(20-18-29)47-9-4)33(39)36(45)42(34)30(27-43)26-28-15-12-11-13-16-28/h7-8,11-13,15-20,30,32-34,43H,2-3,6,9-10,14,21-27H2,1,4-5H3/t30-,32+,33+,34?,38-,39?/m1/s1. The van der Waals surface area contributed by atoms with Crippen LogP contribution >= 0.6 is 11.8 Å². The normalized spacial score (nSPS) is 26.2. The van der Waals surface area contributed by atoms with Crippen molar-refractivity contribution in [3.63, 3.8) is 0 Å². The summed E-state index contributed by atoms with van der Waals surface area (Å²) in [4.78, 5) is 50.0. The second-order valence-corrected chi connectivity index (χ2v) is 15.3. The number of aliphatic hydroxyl groups excluding tert-OH is 1. The Balaban J connectivity index is 1.58. The molecule has 3 saturated heterocycles. The Morgan fingerprint density at radius 1 is 1.04 bits per heavy atom. The van der Waals surface area contributed by atoms with E-state index in [1.54, 1.807) is 33.7 Å². The molecular weight excluding hydrogens is 623 g/mol. The van der Waals surface area contributed by atoms with E-state index in [0.29, 0.717) is 50.4 Å². The van der Waals surface area contributed by atoms with Gasteiger partial charge in [0.2, 0.25) is 17.7 Å². The zero-order valence-electron chi connectivity index (χ0n) is 28.7. The molecule has 2 bridgehead atoms. The average Bonchev–Trinajstić information content (AvgIpc) is 3.66. The lowest BCUT2D eigenvalue weighted by molar-refractivity contribution is -0.145. The van der Waals surface area contributed by atoms with Crippen molar-refractivity contribution in [2.24, 2.45) is 11.8 Å². The van der Waals surface area contributed by atoms with Crippen LogP contribution in [-0.4, -0.2) is 87.1 Å². The van der Waals surface area contributed by atoms with Gasteiger partial charge in [0, 0.05) is 30.1 Å². The number of fused-ring (bicyclic) bond motifs is 1. The van der Waals surface area contributed by atoms with E-state index in [2.05, 4.69) is 27.0 Å². The molecule has 2 unspecified atom stereocenters. The molecule has 0 aliphatic carbocycles. The fraction of sp³-hybridized carbons (Fsp3) is 0.513. The molecule has 258 valence electrons. The van der Waals surface area contributed by atoms with Gasteiger partial charge in [-0.1, -0.05) is 62.2 Å². The van der Waals surface area contributed by atoms with E-state index in [1.165, 1.54) is 0 Å². The molecule has 9 heteroatoms. The number of nitrogens with zero attached hydrogens (tertiary/aromatic N) is 3. The monoisotopic (exact) mass is 673 g/mol. The smallest absolute Gasteiger partial charge is 0.247 e. The Morgan fingerprint density at radius 3 is 2.38 bits per heavy atom. The van der Waals surface area contributed by atoms with Crippen LogP contribution in [0.2, 0.25) is 0 Å². The topological polar surface area (TPSA) is 90.4 Å². The maximum Gasteiger partial charge on any atom is 0.247 e. The summed E-state index contributed by atoms with van der Waals surface area (Å²) in [6, 6.07) is 15.8. The first-order chi connectivity index (χ1) is 23.2. The molecule has 3 heterocycles. The van der Waals surface area contributed by atoms with E-state index in [1.807, 2.05) is 66.4 Å². The molecule has 3 fully saturated rings. The number of rotatable bonds is 17. The van der Waals surface area contributed by atoms with Crippen molar-refractivity contribution in [2.75, 3.05) is 37.7 Å². The van der Waals surface area contributed by atoms with E-state index in [-0.39, 0.29) is 30.9 Å². The summed E-state index contributed by atoms with van der Waals surface area (Å²) < 4.78 is 4.31. The highest BCUT2D eigenvalue weighted by Gasteiger charge is 2.78. The number of amides is 3. The number of hydrogen-bond acceptors (Lipinski definition) is 6. The molecule has 0 saturated carbocycles. The van der Waals surface area contributed by atoms with Crippen LogP contribution < -0.4 is 9.64 Å². The van der Waals surface area contributed by atoms with Crippen molar-refractivity contribution in [3.05, 3.63) is 85.5 Å². The zero-order chi connectivity index (χ0) is 34.5. The third-order valence-electron chi connectivity index (χ3n) is 10.4. The molecule has 5 rings (SSSR count). The molecule has 3 aliphatic rings. The van der Waals surface area contributed by atoms with Crippen molar-refractivity contribution >= 4 is 35.2 Å². The molecule has 2 aromatic rings. The van der Waals surface area contributed by atoms with Crippen molar-refractivity contribution in [1.29, 1.82) is 0 Å². The predicted molar refractivity (Wildman–Crippen MR) is 193 cm³/mol. The van der Waals surface area contributed by atoms with E-state index in [0.717, 1.165) is 24.8 Å². The molecule has 2 aromatic carbocycles. The summed E-state index contributed by atoms with van der Waals surface area (Å²) in [5.41, 5.74) is 1.68. The van der Waals surface area contributed by atoms with Crippen molar-refractivity contribution in [3.8, 4) is 5.75 Å². The zero-order valence-corrected chi connectivity index (χ0v) is 29.5. The predicted octanol–water partition coefficient (Wildman–Crippen LogP) is 5.89. The van der Waals surface area contributed by atoms with Crippen LogP contribution in [0.3, 0.4) is 0 Å².